The Morgan fingerprint density at radius 1 is 1.31 bits per heavy atom. The number of rotatable bonds is 3. The van der Waals surface area contributed by atoms with E-state index >= 15 is 0 Å². The number of aliphatic hydroxyl groups is 1. The molecule has 84 valence electrons. The van der Waals surface area contributed by atoms with Crippen LogP contribution in [0.5, 0.6) is 0 Å². The van der Waals surface area contributed by atoms with Crippen LogP contribution in [-0.2, 0) is 4.79 Å². The van der Waals surface area contributed by atoms with Crippen LogP contribution >= 0.6 is 11.8 Å². The highest BCUT2D eigenvalue weighted by molar-refractivity contribution is 8.01. The van der Waals surface area contributed by atoms with E-state index in [9.17, 15) is 9.59 Å². The zero-order chi connectivity index (χ0) is 11.5. The van der Waals surface area contributed by atoms with E-state index in [0.717, 1.165) is 0 Å². The van der Waals surface area contributed by atoms with Gasteiger partial charge in [-0.25, -0.2) is 0 Å². The summed E-state index contributed by atoms with van der Waals surface area (Å²) in [5, 5.41) is 10.7. The number of carbonyl (C=O) groups is 2. The number of amides is 1. The van der Waals surface area contributed by atoms with Gasteiger partial charge in [-0.3, -0.25) is 9.59 Å². The minimum Gasteiger partial charge on any atom is -0.396 e. The number of nitrogens with one attached hydrogen (secondary N) is 1. The van der Waals surface area contributed by atoms with E-state index < -0.39 is 5.25 Å². The fraction of sp³-hybridized carbons (Fsp3) is 0.273. The first-order chi connectivity index (χ1) is 7.74. The van der Waals surface area contributed by atoms with Crippen LogP contribution in [0, 0.1) is 0 Å². The number of anilines is 1. The highest BCUT2D eigenvalue weighted by Crippen LogP contribution is 2.27. The second kappa shape index (κ2) is 4.67. The van der Waals surface area contributed by atoms with Crippen molar-refractivity contribution in [1.29, 1.82) is 0 Å². The van der Waals surface area contributed by atoms with Crippen LogP contribution in [0.3, 0.4) is 0 Å². The van der Waals surface area contributed by atoms with Crippen LogP contribution < -0.4 is 5.32 Å². The van der Waals surface area contributed by atoms with E-state index in [-0.39, 0.29) is 18.3 Å². The largest absolute Gasteiger partial charge is 0.396 e. The van der Waals surface area contributed by atoms with Gasteiger partial charge >= 0.3 is 0 Å². The summed E-state index contributed by atoms with van der Waals surface area (Å²) in [5.74, 6) is -0.105. The van der Waals surface area contributed by atoms with Gasteiger partial charge in [0, 0.05) is 11.3 Å². The summed E-state index contributed by atoms with van der Waals surface area (Å²) in [6.07, 6.45) is 0. The molecule has 1 aromatic carbocycles. The number of ketones is 1. The molecule has 1 heterocycles. The van der Waals surface area contributed by atoms with Crippen LogP contribution in [0.4, 0.5) is 5.69 Å². The Kier molecular flexibility index (Phi) is 3.26. The number of Topliss-reactive ketones (excluding diaryl/α,β-unsaturated/α-hetero) is 1. The van der Waals surface area contributed by atoms with Gasteiger partial charge in [0.2, 0.25) is 5.91 Å². The highest BCUT2D eigenvalue weighted by atomic mass is 32.2. The van der Waals surface area contributed by atoms with Crippen molar-refractivity contribution in [3.05, 3.63) is 29.8 Å². The van der Waals surface area contributed by atoms with Crippen LogP contribution in [0.15, 0.2) is 24.3 Å². The smallest absolute Gasteiger partial charge is 0.245 e. The van der Waals surface area contributed by atoms with Gasteiger partial charge in [-0.05, 0) is 12.1 Å². The molecule has 0 spiro atoms. The molecule has 1 unspecified atom stereocenters. The lowest BCUT2D eigenvalue weighted by molar-refractivity contribution is -0.115. The Bertz CT molecular complexity index is 433. The SMILES string of the molecule is O=C1Nc2ccccc2C(=O)C1SCCO. The average Bonchev–Trinajstić information content (AvgIpc) is 2.29. The molecule has 0 radical (unpaired) electrons. The summed E-state index contributed by atoms with van der Waals surface area (Å²) in [6.45, 7) is -0.0383. The van der Waals surface area contributed by atoms with Crippen molar-refractivity contribution in [2.75, 3.05) is 17.7 Å². The summed E-state index contributed by atoms with van der Waals surface area (Å²) in [4.78, 5) is 23.6. The Morgan fingerprint density at radius 2 is 2.06 bits per heavy atom. The van der Waals surface area contributed by atoms with Gasteiger partial charge in [-0.15, -0.1) is 11.8 Å². The molecule has 0 saturated carbocycles. The molecule has 1 atom stereocenters. The number of carbonyl (C=O) groups excluding carboxylic acids is 2. The van der Waals surface area contributed by atoms with Gasteiger partial charge in [0.1, 0.15) is 5.25 Å². The van der Waals surface area contributed by atoms with E-state index in [1.54, 1.807) is 24.3 Å². The second-order valence-corrected chi connectivity index (χ2v) is 4.59. The van der Waals surface area contributed by atoms with Crippen molar-refractivity contribution in [3.8, 4) is 0 Å². The Labute approximate surface area is 97.0 Å². The van der Waals surface area contributed by atoms with Crippen molar-refractivity contribution in [2.24, 2.45) is 0 Å². The molecule has 1 aromatic rings. The molecular weight excluding hydrogens is 226 g/mol. The molecule has 1 aliphatic heterocycles. The standard InChI is InChI=1S/C11H11NO3S/c13-5-6-16-10-9(14)7-3-1-2-4-8(7)12-11(10)15/h1-4,10,13H,5-6H2,(H,12,15). The predicted molar refractivity (Wildman–Crippen MR) is 62.7 cm³/mol. The minimum atomic E-state index is -0.734. The fourth-order valence-electron chi connectivity index (χ4n) is 1.59. The summed E-state index contributed by atoms with van der Waals surface area (Å²) < 4.78 is 0. The highest BCUT2D eigenvalue weighted by Gasteiger charge is 2.33. The van der Waals surface area contributed by atoms with Crippen molar-refractivity contribution in [1.82, 2.24) is 0 Å². The molecule has 0 fully saturated rings. The summed E-state index contributed by atoms with van der Waals surface area (Å²) in [7, 11) is 0. The van der Waals surface area contributed by atoms with Gasteiger partial charge in [-0.2, -0.15) is 0 Å². The van der Waals surface area contributed by atoms with E-state index in [2.05, 4.69) is 5.32 Å². The average molecular weight is 237 g/mol. The van der Waals surface area contributed by atoms with Crippen LogP contribution in [0.25, 0.3) is 0 Å². The lowest BCUT2D eigenvalue weighted by Crippen LogP contribution is -2.38. The first-order valence-corrected chi connectivity index (χ1v) is 5.95. The maximum atomic E-state index is 12.0. The predicted octanol–water partition coefficient (Wildman–Crippen LogP) is 0.915. The summed E-state index contributed by atoms with van der Waals surface area (Å²) in [6, 6.07) is 6.94. The number of hydrogen-bond acceptors (Lipinski definition) is 4. The number of thioether (sulfide) groups is 1. The van der Waals surface area contributed by atoms with E-state index in [0.29, 0.717) is 17.0 Å². The number of fused-ring (bicyclic) bond motifs is 1. The van der Waals surface area contributed by atoms with Crippen molar-refractivity contribution < 1.29 is 14.7 Å². The van der Waals surface area contributed by atoms with Crippen molar-refractivity contribution in [2.45, 2.75) is 5.25 Å². The van der Waals surface area contributed by atoms with Gasteiger partial charge < -0.3 is 10.4 Å². The number of hydrogen-bond donors (Lipinski definition) is 2. The lowest BCUT2D eigenvalue weighted by atomic mass is 10.0. The monoisotopic (exact) mass is 237 g/mol. The van der Waals surface area contributed by atoms with Crippen LogP contribution in [0.1, 0.15) is 10.4 Å². The Balaban J connectivity index is 2.27. The molecule has 0 bridgehead atoms. The molecule has 1 aliphatic rings. The third-order valence-corrected chi connectivity index (χ3v) is 3.48. The van der Waals surface area contributed by atoms with Crippen LogP contribution in [-0.4, -0.2) is 34.4 Å². The minimum absolute atomic E-state index is 0.0383. The normalized spacial score (nSPS) is 19.2. The van der Waals surface area contributed by atoms with E-state index in [1.165, 1.54) is 11.8 Å². The third kappa shape index (κ3) is 1.96. The number of benzene rings is 1. The van der Waals surface area contributed by atoms with Gasteiger partial charge in [0.15, 0.2) is 5.78 Å². The number of para-hydroxylation sites is 1. The Morgan fingerprint density at radius 3 is 2.81 bits per heavy atom. The zero-order valence-corrected chi connectivity index (χ0v) is 9.29. The second-order valence-electron chi connectivity index (χ2n) is 3.37. The first kappa shape index (κ1) is 11.2. The quantitative estimate of drug-likeness (QED) is 0.767. The zero-order valence-electron chi connectivity index (χ0n) is 8.47. The van der Waals surface area contributed by atoms with Gasteiger partial charge in [0.25, 0.3) is 0 Å². The van der Waals surface area contributed by atoms with Gasteiger partial charge in [0.05, 0.1) is 12.3 Å². The molecule has 0 aliphatic carbocycles. The molecule has 0 aromatic heterocycles. The van der Waals surface area contributed by atoms with Crippen molar-refractivity contribution in [3.63, 3.8) is 0 Å². The maximum Gasteiger partial charge on any atom is 0.245 e. The maximum absolute atomic E-state index is 12.0. The van der Waals surface area contributed by atoms with Crippen molar-refractivity contribution >= 4 is 29.1 Å². The third-order valence-electron chi connectivity index (χ3n) is 2.30. The molecule has 5 heteroatoms. The fourth-order valence-corrected chi connectivity index (χ4v) is 2.42. The molecule has 1 amide bonds. The Hall–Kier alpha value is -1.33. The van der Waals surface area contributed by atoms with E-state index in [1.807, 2.05) is 0 Å². The number of aliphatic hydroxyl groups excluding tert-OH is 1. The molecular formula is C11H11NO3S. The molecule has 2 N–H and O–H groups in total. The van der Waals surface area contributed by atoms with Gasteiger partial charge in [-0.1, -0.05) is 12.1 Å². The molecule has 4 nitrogen and oxygen atoms in total. The first-order valence-electron chi connectivity index (χ1n) is 4.90. The lowest BCUT2D eigenvalue weighted by Gasteiger charge is -2.22. The summed E-state index contributed by atoms with van der Waals surface area (Å²) in [5.41, 5.74) is 1.11. The summed E-state index contributed by atoms with van der Waals surface area (Å²) >= 11 is 1.17. The molecule has 16 heavy (non-hydrogen) atoms. The topological polar surface area (TPSA) is 66.4 Å². The molecule has 2 rings (SSSR count). The molecule has 0 saturated heterocycles. The van der Waals surface area contributed by atoms with E-state index in [4.69, 9.17) is 5.11 Å². The van der Waals surface area contributed by atoms with Crippen LogP contribution in [0.2, 0.25) is 0 Å².